The average Bonchev–Trinajstić information content (AvgIpc) is 2.39. The number of urea groups is 1. The first kappa shape index (κ1) is 17.9. The van der Waals surface area contributed by atoms with Gasteiger partial charge >= 0.3 is 12.0 Å². The fourth-order valence-corrected chi connectivity index (χ4v) is 3.22. The number of rotatable bonds is 6. The molecule has 21 heavy (non-hydrogen) atoms. The van der Waals surface area contributed by atoms with Gasteiger partial charge in [0.05, 0.1) is 0 Å². The van der Waals surface area contributed by atoms with Crippen molar-refractivity contribution in [2.45, 2.75) is 57.5 Å². The summed E-state index contributed by atoms with van der Waals surface area (Å²) in [4.78, 5) is 23.5. The Bertz CT molecular complexity index is 406. The Labute approximate surface area is 128 Å². The van der Waals surface area contributed by atoms with Crippen molar-refractivity contribution >= 4 is 22.8 Å². The fraction of sp³-hybridized carbons (Fsp3) is 0.857. The van der Waals surface area contributed by atoms with Crippen LogP contribution >= 0.6 is 0 Å². The highest BCUT2D eigenvalue weighted by Gasteiger charge is 2.42. The lowest BCUT2D eigenvalue weighted by Gasteiger charge is -2.36. The molecule has 122 valence electrons. The van der Waals surface area contributed by atoms with Gasteiger partial charge in [0, 0.05) is 28.9 Å². The number of carboxylic acids is 1. The van der Waals surface area contributed by atoms with E-state index in [4.69, 9.17) is 0 Å². The minimum Gasteiger partial charge on any atom is -0.480 e. The molecule has 0 aromatic rings. The van der Waals surface area contributed by atoms with E-state index in [1.165, 1.54) is 0 Å². The summed E-state index contributed by atoms with van der Waals surface area (Å²) in [5, 5.41) is 14.8. The number of carboxylic acid groups (broad SMARTS) is 1. The van der Waals surface area contributed by atoms with Crippen LogP contribution < -0.4 is 10.6 Å². The van der Waals surface area contributed by atoms with E-state index >= 15 is 0 Å². The molecule has 0 saturated heterocycles. The number of carbonyl (C=O) groups excluding carboxylic acids is 1. The van der Waals surface area contributed by atoms with Gasteiger partial charge in [0.15, 0.2) is 0 Å². The first-order valence-corrected chi connectivity index (χ1v) is 9.10. The van der Waals surface area contributed by atoms with Gasteiger partial charge in [-0.25, -0.2) is 9.59 Å². The second kappa shape index (κ2) is 7.77. The molecule has 1 aliphatic rings. The molecule has 0 bridgehead atoms. The van der Waals surface area contributed by atoms with Crippen molar-refractivity contribution in [1.82, 2.24) is 10.6 Å². The van der Waals surface area contributed by atoms with Gasteiger partial charge in [0.25, 0.3) is 0 Å². The molecule has 2 atom stereocenters. The van der Waals surface area contributed by atoms with Gasteiger partial charge in [0.2, 0.25) is 0 Å². The molecule has 0 aromatic carbocycles. The van der Waals surface area contributed by atoms with E-state index in [-0.39, 0.29) is 6.04 Å². The zero-order chi connectivity index (χ0) is 16.0. The molecule has 3 N–H and O–H groups in total. The molecule has 1 rings (SSSR count). The van der Waals surface area contributed by atoms with E-state index in [1.54, 1.807) is 6.26 Å². The fourth-order valence-electron chi connectivity index (χ4n) is 2.54. The Kier molecular flexibility index (Phi) is 6.64. The molecule has 2 amide bonds. The van der Waals surface area contributed by atoms with Gasteiger partial charge in [-0.05, 0) is 44.9 Å². The van der Waals surface area contributed by atoms with Gasteiger partial charge in [-0.3, -0.25) is 4.21 Å². The predicted molar refractivity (Wildman–Crippen MR) is 82.7 cm³/mol. The number of amides is 2. The van der Waals surface area contributed by atoms with Crippen LogP contribution in [0.2, 0.25) is 0 Å². The number of nitrogens with one attached hydrogen (secondary N) is 2. The predicted octanol–water partition coefficient (Wildman–Crippen LogP) is 1.48. The summed E-state index contributed by atoms with van der Waals surface area (Å²) >= 11 is 0. The Morgan fingerprint density at radius 3 is 2.43 bits per heavy atom. The third-order valence-electron chi connectivity index (χ3n) is 4.11. The largest absolute Gasteiger partial charge is 0.480 e. The zero-order valence-corrected chi connectivity index (χ0v) is 13.8. The molecule has 7 heteroatoms. The third kappa shape index (κ3) is 5.65. The van der Waals surface area contributed by atoms with E-state index < -0.39 is 28.3 Å². The molecular weight excluding hydrogens is 292 g/mol. The second-order valence-corrected chi connectivity index (χ2v) is 7.69. The van der Waals surface area contributed by atoms with Crippen molar-refractivity contribution in [2.75, 3.05) is 12.0 Å². The van der Waals surface area contributed by atoms with E-state index in [1.807, 2.05) is 6.92 Å². The molecular formula is C14H26N2O4S. The van der Waals surface area contributed by atoms with Crippen molar-refractivity contribution in [3.05, 3.63) is 0 Å². The van der Waals surface area contributed by atoms with Crippen molar-refractivity contribution in [2.24, 2.45) is 5.92 Å². The minimum atomic E-state index is -1.15. The highest BCUT2D eigenvalue weighted by molar-refractivity contribution is 7.84. The van der Waals surface area contributed by atoms with Crippen LogP contribution in [0.3, 0.4) is 0 Å². The van der Waals surface area contributed by atoms with Crippen LogP contribution in [0.1, 0.15) is 46.0 Å². The summed E-state index contributed by atoms with van der Waals surface area (Å²) in [6.45, 7) is 3.92. The molecule has 0 radical (unpaired) electrons. The molecule has 1 saturated carbocycles. The molecule has 2 unspecified atom stereocenters. The Morgan fingerprint density at radius 2 is 1.95 bits per heavy atom. The van der Waals surface area contributed by atoms with Crippen LogP contribution in [0.25, 0.3) is 0 Å². The van der Waals surface area contributed by atoms with Crippen LogP contribution in [0.4, 0.5) is 4.79 Å². The van der Waals surface area contributed by atoms with Gasteiger partial charge in [0.1, 0.15) is 5.54 Å². The summed E-state index contributed by atoms with van der Waals surface area (Å²) < 4.78 is 11.0. The highest BCUT2D eigenvalue weighted by Crippen LogP contribution is 2.32. The molecule has 1 fully saturated rings. The van der Waals surface area contributed by atoms with Crippen molar-refractivity contribution in [3.63, 3.8) is 0 Å². The van der Waals surface area contributed by atoms with E-state index in [9.17, 15) is 18.9 Å². The van der Waals surface area contributed by atoms with Gasteiger partial charge in [-0.15, -0.1) is 0 Å². The first-order valence-electron chi connectivity index (χ1n) is 7.37. The summed E-state index contributed by atoms with van der Waals surface area (Å²) in [6.07, 6.45) is 4.76. The lowest BCUT2D eigenvalue weighted by Crippen LogP contribution is -2.59. The van der Waals surface area contributed by atoms with Crippen LogP contribution in [0.5, 0.6) is 0 Å². The first-order chi connectivity index (χ1) is 9.75. The van der Waals surface area contributed by atoms with Crippen LogP contribution in [-0.2, 0) is 15.6 Å². The highest BCUT2D eigenvalue weighted by atomic mass is 32.2. The second-order valence-electron chi connectivity index (χ2n) is 6.14. The number of hydrogen-bond donors (Lipinski definition) is 3. The molecule has 6 nitrogen and oxygen atoms in total. The van der Waals surface area contributed by atoms with Gasteiger partial charge < -0.3 is 15.7 Å². The van der Waals surface area contributed by atoms with Crippen LogP contribution in [0.15, 0.2) is 0 Å². The summed E-state index contributed by atoms with van der Waals surface area (Å²) in [5.41, 5.74) is -1.15. The van der Waals surface area contributed by atoms with E-state index in [0.717, 1.165) is 12.8 Å². The Morgan fingerprint density at radius 1 is 1.38 bits per heavy atom. The van der Waals surface area contributed by atoms with Gasteiger partial charge in [-0.1, -0.05) is 6.92 Å². The number of hydrogen-bond acceptors (Lipinski definition) is 3. The molecule has 0 aromatic heterocycles. The number of carbonyl (C=O) groups is 2. The standard InChI is InChI=1S/C14H26N2O4S/c1-10-4-7-14(8-5-10,12(17)18)16-13(19)15-11(2)6-9-21(3)20/h10-11H,4-9H2,1-3H3,(H,17,18)(H2,15,16,19). The maximum atomic E-state index is 12.0. The maximum Gasteiger partial charge on any atom is 0.329 e. The van der Waals surface area contributed by atoms with Crippen LogP contribution in [0, 0.1) is 5.92 Å². The topological polar surface area (TPSA) is 95.5 Å². The molecule has 0 spiro atoms. The maximum absolute atomic E-state index is 12.0. The smallest absolute Gasteiger partial charge is 0.329 e. The van der Waals surface area contributed by atoms with Crippen molar-refractivity contribution < 1.29 is 18.9 Å². The van der Waals surface area contributed by atoms with Crippen LogP contribution in [-0.4, -0.2) is 44.9 Å². The Hall–Kier alpha value is -1.11. The number of aliphatic carboxylic acids is 1. The lowest BCUT2D eigenvalue weighted by molar-refractivity contribution is -0.146. The normalized spacial score (nSPS) is 28.4. The molecule has 1 aliphatic carbocycles. The average molecular weight is 318 g/mol. The third-order valence-corrected chi connectivity index (χ3v) is 4.92. The zero-order valence-electron chi connectivity index (χ0n) is 13.0. The summed E-state index contributed by atoms with van der Waals surface area (Å²) in [6, 6.07) is -0.594. The van der Waals surface area contributed by atoms with E-state index in [2.05, 4.69) is 17.6 Å². The van der Waals surface area contributed by atoms with Gasteiger partial charge in [-0.2, -0.15) is 0 Å². The lowest BCUT2D eigenvalue weighted by atomic mass is 9.77. The summed E-state index contributed by atoms with van der Waals surface area (Å²) in [5.74, 6) is 0.0518. The Balaban J connectivity index is 2.53. The van der Waals surface area contributed by atoms with E-state index in [0.29, 0.717) is 30.9 Å². The quantitative estimate of drug-likeness (QED) is 0.691. The SMILES string of the molecule is CC1CCC(NC(=O)NC(C)CCS(C)=O)(C(=O)O)CC1. The van der Waals surface area contributed by atoms with Crippen molar-refractivity contribution in [1.29, 1.82) is 0 Å². The monoisotopic (exact) mass is 318 g/mol. The molecule has 0 heterocycles. The molecule has 0 aliphatic heterocycles. The summed E-state index contributed by atoms with van der Waals surface area (Å²) in [7, 11) is -0.893. The van der Waals surface area contributed by atoms with Crippen molar-refractivity contribution in [3.8, 4) is 0 Å². The minimum absolute atomic E-state index is 0.137.